The number of anilines is 2. The molecule has 3 N–H and O–H groups in total. The zero-order valence-electron chi connectivity index (χ0n) is 18.9. The van der Waals surface area contributed by atoms with Gasteiger partial charge in [-0.2, -0.15) is 5.26 Å². The van der Waals surface area contributed by atoms with Gasteiger partial charge in [0.15, 0.2) is 5.16 Å². The molecule has 10 heteroatoms. The van der Waals surface area contributed by atoms with Crippen molar-refractivity contribution in [2.75, 3.05) is 17.7 Å². The molecule has 2 aromatic heterocycles. The Hall–Kier alpha value is -3.97. The highest BCUT2D eigenvalue weighted by Crippen LogP contribution is 2.29. The summed E-state index contributed by atoms with van der Waals surface area (Å²) in [5.74, 6) is 0.161. The van der Waals surface area contributed by atoms with E-state index in [2.05, 4.69) is 26.3 Å². The number of nitrogens with one attached hydrogen (secondary N) is 1. The molecule has 0 atom stereocenters. The zero-order chi connectivity index (χ0) is 24.5. The Morgan fingerprint density at radius 2 is 1.85 bits per heavy atom. The van der Waals surface area contributed by atoms with Gasteiger partial charge in [-0.05, 0) is 31.2 Å². The standard InChI is InChI=1S/C24H24N6O3S/c1-3-33-21(32)12-11-17-5-4-6-19(28-17)14-34-24-29-22(20(13-25)23(26)30-24)16-7-9-18(10-8-16)27-15(2)31/h4-10H,3,11-12,14H2,1-2H3,(H,27,31)(H2,26,29,30). The Morgan fingerprint density at radius 3 is 2.53 bits per heavy atom. The number of pyridine rings is 1. The molecule has 3 aromatic rings. The van der Waals surface area contributed by atoms with E-state index in [9.17, 15) is 14.9 Å². The van der Waals surface area contributed by atoms with E-state index in [1.807, 2.05) is 18.2 Å². The lowest BCUT2D eigenvalue weighted by Gasteiger charge is -2.10. The molecule has 1 aromatic carbocycles. The van der Waals surface area contributed by atoms with Crippen LogP contribution < -0.4 is 11.1 Å². The van der Waals surface area contributed by atoms with Gasteiger partial charge in [0.2, 0.25) is 5.91 Å². The quantitative estimate of drug-likeness (QED) is 0.268. The minimum absolute atomic E-state index is 0.0945. The fraction of sp³-hybridized carbons (Fsp3) is 0.250. The predicted molar refractivity (Wildman–Crippen MR) is 130 cm³/mol. The second-order valence-corrected chi connectivity index (χ2v) is 8.14. The maximum absolute atomic E-state index is 11.6. The lowest BCUT2D eigenvalue weighted by Crippen LogP contribution is -2.06. The Kier molecular flexibility index (Phi) is 8.54. The van der Waals surface area contributed by atoms with Crippen molar-refractivity contribution in [1.82, 2.24) is 15.0 Å². The average molecular weight is 477 g/mol. The number of amides is 1. The van der Waals surface area contributed by atoms with E-state index in [0.29, 0.717) is 40.9 Å². The normalized spacial score (nSPS) is 10.4. The number of esters is 1. The van der Waals surface area contributed by atoms with E-state index in [1.54, 1.807) is 31.2 Å². The van der Waals surface area contributed by atoms with E-state index in [-0.39, 0.29) is 29.7 Å². The van der Waals surface area contributed by atoms with Gasteiger partial charge in [-0.1, -0.05) is 30.0 Å². The number of aryl methyl sites for hydroxylation is 1. The van der Waals surface area contributed by atoms with Gasteiger partial charge in [-0.3, -0.25) is 14.6 Å². The molecule has 0 aliphatic heterocycles. The number of nitrogens with zero attached hydrogens (tertiary/aromatic N) is 4. The van der Waals surface area contributed by atoms with Crippen LogP contribution in [0.2, 0.25) is 0 Å². The van der Waals surface area contributed by atoms with E-state index >= 15 is 0 Å². The Balaban J connectivity index is 1.76. The molecular weight excluding hydrogens is 452 g/mol. The molecule has 34 heavy (non-hydrogen) atoms. The van der Waals surface area contributed by atoms with Crippen molar-refractivity contribution >= 4 is 35.1 Å². The topological polar surface area (TPSA) is 144 Å². The van der Waals surface area contributed by atoms with Gasteiger partial charge in [-0.15, -0.1) is 0 Å². The van der Waals surface area contributed by atoms with Crippen LogP contribution in [0.1, 0.15) is 37.2 Å². The molecule has 0 saturated heterocycles. The molecular formula is C24H24N6O3S. The molecule has 0 fully saturated rings. The maximum Gasteiger partial charge on any atom is 0.306 e. The molecule has 3 rings (SSSR count). The molecule has 9 nitrogen and oxygen atoms in total. The summed E-state index contributed by atoms with van der Waals surface area (Å²) in [7, 11) is 0. The summed E-state index contributed by atoms with van der Waals surface area (Å²) in [5, 5.41) is 12.7. The fourth-order valence-corrected chi connectivity index (χ4v) is 3.86. The second-order valence-electron chi connectivity index (χ2n) is 7.20. The first-order valence-corrected chi connectivity index (χ1v) is 11.6. The van der Waals surface area contributed by atoms with Crippen LogP contribution in [0.25, 0.3) is 11.3 Å². The van der Waals surface area contributed by atoms with E-state index in [4.69, 9.17) is 10.5 Å². The number of ether oxygens (including phenoxy) is 1. The van der Waals surface area contributed by atoms with Gasteiger partial charge in [0.05, 0.1) is 24.4 Å². The van der Waals surface area contributed by atoms with Crippen LogP contribution in [0, 0.1) is 11.3 Å². The highest BCUT2D eigenvalue weighted by Gasteiger charge is 2.15. The molecule has 2 heterocycles. The lowest BCUT2D eigenvalue weighted by molar-refractivity contribution is -0.143. The van der Waals surface area contributed by atoms with Crippen LogP contribution in [0.15, 0.2) is 47.6 Å². The summed E-state index contributed by atoms with van der Waals surface area (Å²) in [5.41, 5.74) is 9.58. The number of nitriles is 1. The summed E-state index contributed by atoms with van der Waals surface area (Å²) >= 11 is 1.35. The van der Waals surface area contributed by atoms with Crippen LogP contribution in [0.5, 0.6) is 0 Å². The fourth-order valence-electron chi connectivity index (χ4n) is 3.11. The molecule has 0 aliphatic rings. The van der Waals surface area contributed by atoms with Crippen LogP contribution in [-0.2, 0) is 26.5 Å². The minimum atomic E-state index is -0.247. The van der Waals surface area contributed by atoms with Crippen molar-refractivity contribution in [3.05, 3.63) is 59.4 Å². The number of carbonyl (C=O) groups excluding carboxylic acids is 2. The van der Waals surface area contributed by atoms with E-state index in [1.165, 1.54) is 18.7 Å². The van der Waals surface area contributed by atoms with Crippen molar-refractivity contribution in [1.29, 1.82) is 5.26 Å². The molecule has 0 saturated carbocycles. The number of hydrogen-bond acceptors (Lipinski definition) is 9. The van der Waals surface area contributed by atoms with Gasteiger partial charge in [0.25, 0.3) is 0 Å². The summed E-state index contributed by atoms with van der Waals surface area (Å²) < 4.78 is 4.96. The smallest absolute Gasteiger partial charge is 0.306 e. The molecule has 0 unspecified atom stereocenters. The molecule has 174 valence electrons. The Morgan fingerprint density at radius 1 is 1.12 bits per heavy atom. The number of carbonyl (C=O) groups is 2. The average Bonchev–Trinajstić information content (AvgIpc) is 2.82. The number of thioether (sulfide) groups is 1. The van der Waals surface area contributed by atoms with Crippen molar-refractivity contribution in [2.24, 2.45) is 0 Å². The predicted octanol–water partition coefficient (Wildman–Crippen LogP) is 3.74. The highest BCUT2D eigenvalue weighted by atomic mass is 32.2. The first-order chi connectivity index (χ1) is 16.4. The molecule has 1 amide bonds. The second kappa shape index (κ2) is 11.8. The molecule has 0 spiro atoms. The Labute approximate surface area is 201 Å². The first-order valence-electron chi connectivity index (χ1n) is 10.6. The van der Waals surface area contributed by atoms with E-state index in [0.717, 1.165) is 11.4 Å². The Bertz CT molecular complexity index is 1220. The number of nitrogens with two attached hydrogens (primary N) is 1. The van der Waals surface area contributed by atoms with Crippen LogP contribution in [0.3, 0.4) is 0 Å². The summed E-state index contributed by atoms with van der Waals surface area (Å²) in [6, 6.07) is 14.7. The number of nitrogen functional groups attached to an aromatic ring is 1. The monoisotopic (exact) mass is 476 g/mol. The first kappa shape index (κ1) is 24.7. The largest absolute Gasteiger partial charge is 0.466 e. The van der Waals surface area contributed by atoms with Gasteiger partial charge >= 0.3 is 5.97 Å². The molecule has 0 radical (unpaired) electrons. The number of benzene rings is 1. The van der Waals surface area contributed by atoms with Crippen molar-refractivity contribution in [2.45, 2.75) is 37.6 Å². The summed E-state index contributed by atoms with van der Waals surface area (Å²) in [6.45, 7) is 3.57. The van der Waals surface area contributed by atoms with Crippen molar-refractivity contribution in [3.63, 3.8) is 0 Å². The van der Waals surface area contributed by atoms with Gasteiger partial charge in [-0.25, -0.2) is 9.97 Å². The third kappa shape index (κ3) is 6.76. The van der Waals surface area contributed by atoms with Gasteiger partial charge in [0, 0.05) is 36.0 Å². The van der Waals surface area contributed by atoms with Crippen LogP contribution in [-0.4, -0.2) is 33.4 Å². The van der Waals surface area contributed by atoms with Crippen molar-refractivity contribution < 1.29 is 14.3 Å². The molecule has 0 aliphatic carbocycles. The minimum Gasteiger partial charge on any atom is -0.466 e. The van der Waals surface area contributed by atoms with Crippen molar-refractivity contribution in [3.8, 4) is 17.3 Å². The number of aromatic nitrogens is 3. The third-order valence-electron chi connectivity index (χ3n) is 4.61. The summed E-state index contributed by atoms with van der Waals surface area (Å²) in [6.07, 6.45) is 0.771. The van der Waals surface area contributed by atoms with Crippen LogP contribution >= 0.6 is 11.8 Å². The summed E-state index contributed by atoms with van der Waals surface area (Å²) in [4.78, 5) is 36.2. The van der Waals surface area contributed by atoms with Gasteiger partial charge < -0.3 is 15.8 Å². The third-order valence-corrected chi connectivity index (χ3v) is 5.49. The van der Waals surface area contributed by atoms with E-state index < -0.39 is 0 Å². The molecule has 0 bridgehead atoms. The zero-order valence-corrected chi connectivity index (χ0v) is 19.7. The van der Waals surface area contributed by atoms with Crippen LogP contribution in [0.4, 0.5) is 11.5 Å². The number of hydrogen-bond donors (Lipinski definition) is 2. The SMILES string of the molecule is CCOC(=O)CCc1cccc(CSc2nc(N)c(C#N)c(-c3ccc(NC(C)=O)cc3)n2)n1. The highest BCUT2D eigenvalue weighted by molar-refractivity contribution is 7.98. The maximum atomic E-state index is 11.6. The number of rotatable bonds is 9. The lowest BCUT2D eigenvalue weighted by atomic mass is 10.1. The van der Waals surface area contributed by atoms with Gasteiger partial charge in [0.1, 0.15) is 17.5 Å².